The molecule has 3 heteroatoms. The van der Waals surface area contributed by atoms with E-state index in [9.17, 15) is 0 Å². The molecule has 6 heavy (non-hydrogen) atoms. The maximum absolute atomic E-state index is 4.95. The highest BCUT2D eigenvalue weighted by Crippen LogP contribution is 1.55. The normalized spacial score (nSPS) is 7.17. The fourth-order valence-corrected chi connectivity index (χ4v) is 0. The van der Waals surface area contributed by atoms with Gasteiger partial charge in [0.1, 0.15) is 0 Å². The van der Waals surface area contributed by atoms with Crippen LogP contribution in [-0.2, 0) is 0 Å². The summed E-state index contributed by atoms with van der Waals surface area (Å²) >= 11 is 0. The van der Waals surface area contributed by atoms with E-state index in [4.69, 9.17) is 11.5 Å². The van der Waals surface area contributed by atoms with Crippen LogP contribution in [0.2, 0.25) is 0 Å². The molecule has 38 valence electrons. The first kappa shape index (κ1) is 9.34. The summed E-state index contributed by atoms with van der Waals surface area (Å²) in [5.41, 5.74) is 9.90. The average Bonchev–Trinajstić information content (AvgIpc) is 1.38. The number of rotatable bonds is 1. The van der Waals surface area contributed by atoms with Gasteiger partial charge in [-0.15, -0.1) is 19.0 Å². The predicted octanol–water partition coefficient (Wildman–Crippen LogP) is -0.162. The second-order valence-corrected chi connectivity index (χ2v) is 0.813. The molecule has 0 rings (SSSR count). The summed E-state index contributed by atoms with van der Waals surface area (Å²) in [4.78, 5) is 0. The van der Waals surface area contributed by atoms with Crippen LogP contribution in [0.3, 0.4) is 0 Å². The van der Waals surface area contributed by atoms with Crippen molar-refractivity contribution < 1.29 is 0 Å². The van der Waals surface area contributed by atoms with Crippen LogP contribution in [0.4, 0.5) is 0 Å². The quantitative estimate of drug-likeness (QED) is 0.362. The minimum atomic E-state index is -0.352. The first-order valence-corrected chi connectivity index (χ1v) is 1.41. The molecule has 2 nitrogen and oxygen atoms in total. The molecule has 0 aliphatic rings. The van der Waals surface area contributed by atoms with E-state index < -0.39 is 0 Å². The smallest absolute Gasteiger partial charge is 0.0710 e. The Hall–Kier alpha value is -0.0500. The van der Waals surface area contributed by atoms with E-state index in [2.05, 4.69) is 6.58 Å². The van der Waals surface area contributed by atoms with Gasteiger partial charge in [-0.25, -0.2) is 0 Å². The molecule has 0 saturated carbocycles. The SMILES string of the molecule is C=CC(N)N.Cl. The van der Waals surface area contributed by atoms with Crippen LogP contribution >= 0.6 is 12.4 Å². The summed E-state index contributed by atoms with van der Waals surface area (Å²) < 4.78 is 0. The molecule has 0 aliphatic heterocycles. The van der Waals surface area contributed by atoms with Crippen molar-refractivity contribution in [3.63, 3.8) is 0 Å². The monoisotopic (exact) mass is 108 g/mol. The molecular formula is C3H9ClN2. The van der Waals surface area contributed by atoms with Gasteiger partial charge in [-0.2, -0.15) is 0 Å². The van der Waals surface area contributed by atoms with E-state index in [1.165, 1.54) is 6.08 Å². The van der Waals surface area contributed by atoms with Crippen LogP contribution in [0, 0.1) is 0 Å². The fourth-order valence-electron chi connectivity index (χ4n) is 0. The Bertz CT molecular complexity index is 35.8. The highest BCUT2D eigenvalue weighted by atomic mass is 35.5. The second-order valence-electron chi connectivity index (χ2n) is 0.813. The molecule has 0 spiro atoms. The Morgan fingerprint density at radius 1 is 1.50 bits per heavy atom. The molecule has 0 aromatic rings. The summed E-state index contributed by atoms with van der Waals surface area (Å²) in [6.45, 7) is 3.31. The molecule has 0 saturated heterocycles. The predicted molar refractivity (Wildman–Crippen MR) is 29.6 cm³/mol. The average molecular weight is 109 g/mol. The van der Waals surface area contributed by atoms with Crippen molar-refractivity contribution in [3.8, 4) is 0 Å². The van der Waals surface area contributed by atoms with Crippen LogP contribution in [-0.4, -0.2) is 6.17 Å². The summed E-state index contributed by atoms with van der Waals surface area (Å²) in [6.07, 6.45) is 1.12. The fraction of sp³-hybridized carbons (Fsp3) is 0.333. The Morgan fingerprint density at radius 3 is 1.67 bits per heavy atom. The summed E-state index contributed by atoms with van der Waals surface area (Å²) in [6, 6.07) is 0. The Labute approximate surface area is 43.6 Å². The van der Waals surface area contributed by atoms with Crippen LogP contribution in [0.25, 0.3) is 0 Å². The Balaban J connectivity index is 0. The second kappa shape index (κ2) is 4.95. The van der Waals surface area contributed by atoms with Crippen LogP contribution in [0.1, 0.15) is 0 Å². The van der Waals surface area contributed by atoms with Gasteiger partial charge in [0.05, 0.1) is 6.17 Å². The van der Waals surface area contributed by atoms with Gasteiger partial charge in [0, 0.05) is 0 Å². The highest BCUT2D eigenvalue weighted by molar-refractivity contribution is 5.85. The number of hydrogen-bond donors (Lipinski definition) is 2. The van der Waals surface area contributed by atoms with Gasteiger partial charge in [-0.05, 0) is 0 Å². The van der Waals surface area contributed by atoms with E-state index in [0.29, 0.717) is 0 Å². The van der Waals surface area contributed by atoms with Crippen molar-refractivity contribution in [2.75, 3.05) is 0 Å². The lowest BCUT2D eigenvalue weighted by Crippen LogP contribution is -2.26. The van der Waals surface area contributed by atoms with Crippen LogP contribution in [0.15, 0.2) is 12.7 Å². The third kappa shape index (κ3) is 9.04. The van der Waals surface area contributed by atoms with Crippen molar-refractivity contribution in [1.29, 1.82) is 0 Å². The molecule has 0 aromatic carbocycles. The molecule has 0 radical (unpaired) electrons. The van der Waals surface area contributed by atoms with E-state index in [1.807, 2.05) is 0 Å². The molecule has 0 bridgehead atoms. The van der Waals surface area contributed by atoms with Gasteiger partial charge in [-0.1, -0.05) is 6.08 Å². The molecule has 0 heterocycles. The van der Waals surface area contributed by atoms with Crippen molar-refractivity contribution in [3.05, 3.63) is 12.7 Å². The topological polar surface area (TPSA) is 52.0 Å². The van der Waals surface area contributed by atoms with E-state index in [1.54, 1.807) is 0 Å². The molecule has 0 amide bonds. The third-order valence-electron chi connectivity index (χ3n) is 0.272. The lowest BCUT2D eigenvalue weighted by Gasteiger charge is -1.87. The molecule has 0 aliphatic carbocycles. The lowest BCUT2D eigenvalue weighted by atomic mass is 10.5. The summed E-state index contributed by atoms with van der Waals surface area (Å²) in [5, 5.41) is 0. The molecule has 0 atom stereocenters. The summed E-state index contributed by atoms with van der Waals surface area (Å²) in [7, 11) is 0. The zero-order valence-electron chi connectivity index (χ0n) is 3.42. The Morgan fingerprint density at radius 2 is 1.67 bits per heavy atom. The molecule has 4 N–H and O–H groups in total. The van der Waals surface area contributed by atoms with Crippen molar-refractivity contribution >= 4 is 12.4 Å². The maximum Gasteiger partial charge on any atom is 0.0710 e. The first-order chi connectivity index (χ1) is 2.27. The van der Waals surface area contributed by atoms with Crippen LogP contribution < -0.4 is 11.5 Å². The number of nitrogens with two attached hydrogens (primary N) is 2. The van der Waals surface area contributed by atoms with Gasteiger partial charge in [0.25, 0.3) is 0 Å². The van der Waals surface area contributed by atoms with Crippen molar-refractivity contribution in [1.82, 2.24) is 0 Å². The molecule has 0 unspecified atom stereocenters. The minimum Gasteiger partial charge on any atom is -0.313 e. The Kier molecular flexibility index (Phi) is 7.71. The highest BCUT2D eigenvalue weighted by Gasteiger charge is 1.72. The van der Waals surface area contributed by atoms with Crippen molar-refractivity contribution in [2.45, 2.75) is 6.17 Å². The minimum absolute atomic E-state index is 0. The zero-order valence-corrected chi connectivity index (χ0v) is 4.24. The molecule has 0 fully saturated rings. The molecule has 0 aromatic heterocycles. The van der Waals surface area contributed by atoms with E-state index in [0.717, 1.165) is 0 Å². The van der Waals surface area contributed by atoms with E-state index in [-0.39, 0.29) is 18.6 Å². The van der Waals surface area contributed by atoms with E-state index >= 15 is 0 Å². The largest absolute Gasteiger partial charge is 0.313 e. The van der Waals surface area contributed by atoms with Gasteiger partial charge in [0.2, 0.25) is 0 Å². The van der Waals surface area contributed by atoms with Gasteiger partial charge < -0.3 is 11.5 Å². The lowest BCUT2D eigenvalue weighted by molar-refractivity contribution is 0.878. The van der Waals surface area contributed by atoms with Crippen molar-refractivity contribution in [2.24, 2.45) is 11.5 Å². The van der Waals surface area contributed by atoms with Crippen LogP contribution in [0.5, 0.6) is 0 Å². The zero-order chi connectivity index (χ0) is 4.28. The first-order valence-electron chi connectivity index (χ1n) is 1.41. The van der Waals surface area contributed by atoms with Gasteiger partial charge in [-0.3, -0.25) is 0 Å². The van der Waals surface area contributed by atoms with Gasteiger partial charge in [0.15, 0.2) is 0 Å². The maximum atomic E-state index is 4.95. The number of halogens is 1. The third-order valence-corrected chi connectivity index (χ3v) is 0.272. The summed E-state index contributed by atoms with van der Waals surface area (Å²) in [5.74, 6) is 0. The van der Waals surface area contributed by atoms with Gasteiger partial charge >= 0.3 is 0 Å². The molecular weight excluding hydrogens is 99.5 g/mol. The standard InChI is InChI=1S/C3H8N2.ClH/c1-2-3(4)5;/h2-3H,1,4-5H2;1H. The number of hydrogen-bond acceptors (Lipinski definition) is 2.